The first-order valence-electron chi connectivity index (χ1n) is 8.29. The Morgan fingerprint density at radius 3 is 3.04 bits per heavy atom. The maximum atomic E-state index is 12.4. The van der Waals surface area contributed by atoms with Crippen molar-refractivity contribution >= 4 is 39.2 Å². The van der Waals surface area contributed by atoms with Gasteiger partial charge < -0.3 is 15.6 Å². The van der Waals surface area contributed by atoms with Crippen molar-refractivity contribution in [3.63, 3.8) is 0 Å². The molecule has 1 aliphatic carbocycles. The van der Waals surface area contributed by atoms with Gasteiger partial charge in [-0.2, -0.15) is 0 Å². The molecule has 0 spiro atoms. The van der Waals surface area contributed by atoms with Gasteiger partial charge in [0.05, 0.1) is 16.9 Å². The molecular formula is C16H20N4O2S2. The van der Waals surface area contributed by atoms with E-state index >= 15 is 0 Å². The van der Waals surface area contributed by atoms with Gasteiger partial charge in [-0.05, 0) is 24.8 Å². The van der Waals surface area contributed by atoms with Gasteiger partial charge in [0.15, 0.2) is 0 Å². The van der Waals surface area contributed by atoms with E-state index in [4.69, 9.17) is 0 Å². The predicted octanol–water partition coefficient (Wildman–Crippen LogP) is 1.04. The second-order valence-corrected chi connectivity index (χ2v) is 8.44. The van der Waals surface area contributed by atoms with Gasteiger partial charge >= 0.3 is 0 Å². The molecule has 6 nitrogen and oxygen atoms in total. The van der Waals surface area contributed by atoms with E-state index in [0.717, 1.165) is 49.1 Å². The number of aromatic nitrogens is 2. The summed E-state index contributed by atoms with van der Waals surface area (Å²) >= 11 is 3.13. The fourth-order valence-electron chi connectivity index (χ4n) is 3.16. The lowest BCUT2D eigenvalue weighted by atomic mass is 10.0. The molecule has 8 heteroatoms. The van der Waals surface area contributed by atoms with Crippen molar-refractivity contribution in [1.82, 2.24) is 20.6 Å². The zero-order valence-corrected chi connectivity index (χ0v) is 14.9. The number of amides is 1. The largest absolute Gasteiger partial charge is 0.355 e. The molecule has 2 aromatic rings. The molecule has 128 valence electrons. The average Bonchev–Trinajstić information content (AvgIpc) is 3.05. The van der Waals surface area contributed by atoms with Crippen LogP contribution in [0.5, 0.6) is 0 Å². The summed E-state index contributed by atoms with van der Waals surface area (Å²) in [7, 11) is 0. The van der Waals surface area contributed by atoms with Crippen LogP contribution in [0.15, 0.2) is 4.79 Å². The first-order chi connectivity index (χ1) is 11.7. The molecule has 0 bridgehead atoms. The quantitative estimate of drug-likeness (QED) is 0.713. The number of thiophene rings is 1. The Hall–Kier alpha value is -1.38. The lowest BCUT2D eigenvalue weighted by Crippen LogP contribution is -2.48. The van der Waals surface area contributed by atoms with E-state index in [2.05, 4.69) is 20.6 Å². The zero-order valence-electron chi connectivity index (χ0n) is 13.3. The summed E-state index contributed by atoms with van der Waals surface area (Å²) in [6, 6.07) is 0. The lowest BCUT2D eigenvalue weighted by molar-refractivity contribution is -0.118. The first kappa shape index (κ1) is 16.1. The highest BCUT2D eigenvalue weighted by molar-refractivity contribution is 7.99. The van der Waals surface area contributed by atoms with Crippen molar-refractivity contribution < 1.29 is 4.79 Å². The monoisotopic (exact) mass is 364 g/mol. The molecule has 4 rings (SSSR count). The summed E-state index contributed by atoms with van der Waals surface area (Å²) in [5.74, 6) is 2.22. The summed E-state index contributed by atoms with van der Waals surface area (Å²) in [5, 5.41) is 6.92. The Morgan fingerprint density at radius 1 is 1.38 bits per heavy atom. The van der Waals surface area contributed by atoms with E-state index < -0.39 is 0 Å². The fraction of sp³-hybridized carbons (Fsp3) is 0.562. The number of carbonyl (C=O) groups excluding carboxylic acids is 1. The second-order valence-electron chi connectivity index (χ2n) is 6.37. The van der Waals surface area contributed by atoms with Gasteiger partial charge in [0.25, 0.3) is 5.56 Å². The number of H-pyrrole nitrogens is 1. The van der Waals surface area contributed by atoms with Crippen LogP contribution in [0, 0.1) is 5.92 Å². The molecule has 24 heavy (non-hydrogen) atoms. The molecule has 0 saturated carbocycles. The first-order valence-corrected chi connectivity index (χ1v) is 10.3. The maximum Gasteiger partial charge on any atom is 0.259 e. The highest BCUT2D eigenvalue weighted by Crippen LogP contribution is 2.34. The number of nitrogens with zero attached hydrogens (tertiary/aromatic N) is 1. The number of hydrogen-bond acceptors (Lipinski definition) is 6. The number of aryl methyl sites for hydroxylation is 2. The minimum atomic E-state index is -0.0306. The molecule has 0 unspecified atom stereocenters. The number of rotatable bonds is 6. The number of hydrogen-bond donors (Lipinski definition) is 3. The van der Waals surface area contributed by atoms with Crippen molar-refractivity contribution in [3.05, 3.63) is 26.6 Å². The Bertz CT molecular complexity index is 825. The predicted molar refractivity (Wildman–Crippen MR) is 97.8 cm³/mol. The molecule has 0 atom stereocenters. The zero-order chi connectivity index (χ0) is 16.5. The normalized spacial score (nSPS) is 17.0. The minimum absolute atomic E-state index is 0.0306. The Kier molecular flexibility index (Phi) is 4.60. The minimum Gasteiger partial charge on any atom is -0.355 e. The van der Waals surface area contributed by atoms with Crippen LogP contribution in [0.3, 0.4) is 0 Å². The van der Waals surface area contributed by atoms with Crippen LogP contribution in [-0.2, 0) is 23.4 Å². The lowest BCUT2D eigenvalue weighted by Gasteiger charge is -2.27. The topological polar surface area (TPSA) is 86.9 Å². The summed E-state index contributed by atoms with van der Waals surface area (Å²) in [5.41, 5.74) is 1.17. The molecule has 2 aromatic heterocycles. The van der Waals surface area contributed by atoms with Crippen LogP contribution in [0.2, 0.25) is 0 Å². The number of nitrogens with one attached hydrogen (secondary N) is 3. The number of thioether (sulfide) groups is 1. The van der Waals surface area contributed by atoms with E-state index in [9.17, 15) is 9.59 Å². The van der Waals surface area contributed by atoms with Crippen molar-refractivity contribution in [2.45, 2.75) is 25.0 Å². The smallest absolute Gasteiger partial charge is 0.259 e. The second kappa shape index (κ2) is 6.85. The molecule has 1 aliphatic heterocycles. The molecule has 1 fully saturated rings. The van der Waals surface area contributed by atoms with Gasteiger partial charge in [-0.3, -0.25) is 9.59 Å². The third kappa shape index (κ3) is 3.22. The van der Waals surface area contributed by atoms with Crippen LogP contribution in [0.25, 0.3) is 10.2 Å². The van der Waals surface area contributed by atoms with Gasteiger partial charge in [-0.1, -0.05) is 0 Å². The van der Waals surface area contributed by atoms with Crippen LogP contribution >= 0.6 is 23.1 Å². The van der Waals surface area contributed by atoms with Crippen LogP contribution in [0.1, 0.15) is 22.7 Å². The van der Waals surface area contributed by atoms with Gasteiger partial charge in [0.2, 0.25) is 5.91 Å². The van der Waals surface area contributed by atoms with Crippen LogP contribution in [-0.4, -0.2) is 41.3 Å². The highest BCUT2D eigenvalue weighted by atomic mass is 32.2. The Labute approximate surface area is 147 Å². The van der Waals surface area contributed by atoms with Crippen molar-refractivity contribution in [2.24, 2.45) is 5.92 Å². The molecule has 3 N–H and O–H groups in total. The molecule has 2 aliphatic rings. The molecule has 0 radical (unpaired) electrons. The Balaban J connectivity index is 1.35. The fourth-order valence-corrected chi connectivity index (χ4v) is 5.16. The molecule has 1 amide bonds. The highest BCUT2D eigenvalue weighted by Gasteiger charge is 2.21. The van der Waals surface area contributed by atoms with Crippen molar-refractivity contribution in [1.29, 1.82) is 0 Å². The van der Waals surface area contributed by atoms with E-state index in [0.29, 0.717) is 23.2 Å². The van der Waals surface area contributed by atoms with Crippen molar-refractivity contribution in [2.75, 3.05) is 25.4 Å². The molecule has 1 saturated heterocycles. The molecule has 0 aromatic carbocycles. The number of fused-ring (bicyclic) bond motifs is 3. The third-order valence-corrected chi connectivity index (χ3v) is 6.68. The van der Waals surface area contributed by atoms with Crippen LogP contribution in [0.4, 0.5) is 0 Å². The van der Waals surface area contributed by atoms with E-state index in [1.807, 2.05) is 0 Å². The molecule has 3 heterocycles. The Morgan fingerprint density at radius 2 is 2.25 bits per heavy atom. The van der Waals surface area contributed by atoms with E-state index in [1.54, 1.807) is 11.3 Å². The molecular weight excluding hydrogens is 344 g/mol. The SMILES string of the molecule is O=C(CSCc1nc2sc3c(c2c(=O)[nH]1)CCC3)NCC1CNC1. The van der Waals surface area contributed by atoms with Crippen molar-refractivity contribution in [3.8, 4) is 0 Å². The van der Waals surface area contributed by atoms with Gasteiger partial charge in [0, 0.05) is 30.4 Å². The average molecular weight is 364 g/mol. The summed E-state index contributed by atoms with van der Waals surface area (Å²) in [4.78, 5) is 33.8. The summed E-state index contributed by atoms with van der Waals surface area (Å²) < 4.78 is 0. The number of carbonyl (C=O) groups is 1. The number of aromatic amines is 1. The van der Waals surface area contributed by atoms with E-state index in [-0.39, 0.29) is 11.5 Å². The van der Waals surface area contributed by atoms with Gasteiger partial charge in [-0.25, -0.2) is 4.98 Å². The van der Waals surface area contributed by atoms with Gasteiger partial charge in [0.1, 0.15) is 10.7 Å². The maximum absolute atomic E-state index is 12.4. The van der Waals surface area contributed by atoms with Gasteiger partial charge in [-0.15, -0.1) is 23.1 Å². The third-order valence-electron chi connectivity index (χ3n) is 4.55. The summed E-state index contributed by atoms with van der Waals surface area (Å²) in [6.45, 7) is 2.72. The van der Waals surface area contributed by atoms with Crippen LogP contribution < -0.4 is 16.2 Å². The summed E-state index contributed by atoms with van der Waals surface area (Å²) in [6.07, 6.45) is 3.20. The van der Waals surface area contributed by atoms with E-state index in [1.165, 1.54) is 22.2 Å². The standard InChI is InChI=1S/C16H20N4O2S2/c21-13(18-6-9-4-17-5-9)8-23-7-12-19-15(22)14-10-2-1-3-11(10)24-16(14)20-12/h9,17H,1-8H2,(H,18,21)(H,19,20,22).